The minimum atomic E-state index is -3.77. The fraction of sp³-hybridized carbons (Fsp3) is 0.613. The average molecular weight is 537 g/mol. The van der Waals surface area contributed by atoms with E-state index >= 15 is 0 Å². The lowest BCUT2D eigenvalue weighted by Gasteiger charge is -2.29. The molecule has 210 valence electrons. The van der Waals surface area contributed by atoms with Gasteiger partial charge in [-0.25, -0.2) is 4.39 Å². The average Bonchev–Trinajstić information content (AvgIpc) is 2.94. The monoisotopic (exact) mass is 536 g/mol. The van der Waals surface area contributed by atoms with Crippen molar-refractivity contribution in [2.45, 2.75) is 102 Å². The SMILES string of the molecule is CCCCC1CCC(OCC(F)(F)Oc2ccc(-c3ccc(C4CCC(CC)OC4)cc3)c(F)c2F)CC1. The van der Waals surface area contributed by atoms with Crippen LogP contribution in [0.25, 0.3) is 11.1 Å². The smallest absolute Gasteiger partial charge is 0.422 e. The predicted molar refractivity (Wildman–Crippen MR) is 141 cm³/mol. The molecule has 1 saturated carbocycles. The lowest BCUT2D eigenvalue weighted by molar-refractivity contribution is -0.223. The second-order valence-electron chi connectivity index (χ2n) is 10.8. The van der Waals surface area contributed by atoms with Crippen molar-refractivity contribution >= 4 is 0 Å². The van der Waals surface area contributed by atoms with Crippen LogP contribution in [0.3, 0.4) is 0 Å². The first-order chi connectivity index (χ1) is 18.3. The maximum absolute atomic E-state index is 14.9. The van der Waals surface area contributed by atoms with Crippen LogP contribution >= 0.6 is 0 Å². The first kappa shape index (κ1) is 28.9. The number of unbranched alkanes of at least 4 members (excludes halogenated alkanes) is 1. The molecule has 2 fully saturated rings. The van der Waals surface area contributed by atoms with Crippen LogP contribution in [0.2, 0.25) is 0 Å². The lowest BCUT2D eigenvalue weighted by Crippen LogP contribution is -2.34. The van der Waals surface area contributed by atoms with Gasteiger partial charge >= 0.3 is 6.11 Å². The molecule has 4 rings (SSSR count). The van der Waals surface area contributed by atoms with Crippen LogP contribution in [0.15, 0.2) is 36.4 Å². The molecule has 1 saturated heterocycles. The molecule has 0 spiro atoms. The van der Waals surface area contributed by atoms with Gasteiger partial charge in [0.2, 0.25) is 5.82 Å². The van der Waals surface area contributed by atoms with Crippen molar-refractivity contribution < 1.29 is 31.8 Å². The van der Waals surface area contributed by atoms with E-state index in [9.17, 15) is 17.6 Å². The topological polar surface area (TPSA) is 27.7 Å². The van der Waals surface area contributed by atoms with Crippen LogP contribution in [0, 0.1) is 17.6 Å². The Morgan fingerprint density at radius 2 is 1.63 bits per heavy atom. The normalized spacial score (nSPS) is 24.4. The van der Waals surface area contributed by atoms with Crippen LogP contribution < -0.4 is 4.74 Å². The molecule has 3 nitrogen and oxygen atoms in total. The van der Waals surface area contributed by atoms with Gasteiger partial charge in [0, 0.05) is 11.5 Å². The van der Waals surface area contributed by atoms with Crippen molar-refractivity contribution in [2.75, 3.05) is 13.2 Å². The van der Waals surface area contributed by atoms with Crippen LogP contribution in [0.1, 0.15) is 89.5 Å². The minimum Gasteiger partial charge on any atom is -0.428 e. The zero-order valence-corrected chi connectivity index (χ0v) is 22.5. The number of alkyl halides is 2. The Balaban J connectivity index is 1.33. The van der Waals surface area contributed by atoms with Gasteiger partial charge in [0.25, 0.3) is 0 Å². The number of rotatable bonds is 11. The van der Waals surface area contributed by atoms with Crippen LogP contribution in [-0.2, 0) is 9.47 Å². The van der Waals surface area contributed by atoms with Gasteiger partial charge in [0.05, 0.1) is 18.8 Å². The Labute approximate surface area is 223 Å². The third-order valence-corrected chi connectivity index (χ3v) is 8.07. The van der Waals surface area contributed by atoms with Crippen molar-refractivity contribution in [2.24, 2.45) is 5.92 Å². The summed E-state index contributed by atoms with van der Waals surface area (Å²) in [4.78, 5) is 0. The summed E-state index contributed by atoms with van der Waals surface area (Å²) >= 11 is 0. The maximum atomic E-state index is 14.9. The van der Waals surface area contributed by atoms with E-state index in [4.69, 9.17) is 9.47 Å². The summed E-state index contributed by atoms with van der Waals surface area (Å²) in [5.74, 6) is -2.58. The third kappa shape index (κ3) is 7.50. The summed E-state index contributed by atoms with van der Waals surface area (Å²) in [7, 11) is 0. The van der Waals surface area contributed by atoms with Gasteiger partial charge in [-0.2, -0.15) is 13.2 Å². The summed E-state index contributed by atoms with van der Waals surface area (Å²) in [5.41, 5.74) is 1.54. The highest BCUT2D eigenvalue weighted by atomic mass is 19.3. The molecule has 0 radical (unpaired) electrons. The van der Waals surface area contributed by atoms with E-state index in [1.165, 1.54) is 18.9 Å². The number of hydrogen-bond acceptors (Lipinski definition) is 3. The summed E-state index contributed by atoms with van der Waals surface area (Å²) in [6, 6.07) is 9.54. The molecule has 2 aromatic carbocycles. The van der Waals surface area contributed by atoms with Crippen molar-refractivity contribution in [3.05, 3.63) is 53.6 Å². The molecule has 2 unspecified atom stereocenters. The number of benzene rings is 2. The Morgan fingerprint density at radius 3 is 2.26 bits per heavy atom. The van der Waals surface area contributed by atoms with Crippen LogP contribution in [0.5, 0.6) is 5.75 Å². The number of ether oxygens (including phenoxy) is 3. The van der Waals surface area contributed by atoms with E-state index in [0.29, 0.717) is 24.2 Å². The molecular formula is C31H40F4O3. The first-order valence-electron chi connectivity index (χ1n) is 14.2. The fourth-order valence-corrected chi connectivity index (χ4v) is 5.64. The molecule has 0 aromatic heterocycles. The first-order valence-corrected chi connectivity index (χ1v) is 14.2. The zero-order chi connectivity index (χ0) is 27.1. The third-order valence-electron chi connectivity index (χ3n) is 8.07. The summed E-state index contributed by atoms with van der Waals surface area (Å²) in [5, 5.41) is 0. The Hall–Kier alpha value is -2.12. The molecule has 2 aromatic rings. The van der Waals surface area contributed by atoms with Gasteiger partial charge in [-0.15, -0.1) is 0 Å². The molecular weight excluding hydrogens is 496 g/mol. The fourth-order valence-electron chi connectivity index (χ4n) is 5.64. The molecule has 38 heavy (non-hydrogen) atoms. The van der Waals surface area contributed by atoms with Crippen molar-refractivity contribution in [1.82, 2.24) is 0 Å². The quantitative estimate of drug-likeness (QED) is 0.268. The molecule has 0 bridgehead atoms. The van der Waals surface area contributed by atoms with Crippen molar-refractivity contribution in [3.63, 3.8) is 0 Å². The minimum absolute atomic E-state index is 0.00765. The molecule has 1 aliphatic heterocycles. The van der Waals surface area contributed by atoms with E-state index in [0.717, 1.165) is 63.0 Å². The molecule has 2 aliphatic rings. The van der Waals surface area contributed by atoms with E-state index in [-0.39, 0.29) is 17.6 Å². The Morgan fingerprint density at radius 1 is 0.895 bits per heavy atom. The maximum Gasteiger partial charge on any atom is 0.422 e. The van der Waals surface area contributed by atoms with Crippen molar-refractivity contribution in [1.29, 1.82) is 0 Å². The summed E-state index contributed by atoms with van der Waals surface area (Å²) in [6.45, 7) is 3.92. The second kappa shape index (κ2) is 13.3. The number of halogens is 4. The van der Waals surface area contributed by atoms with Gasteiger partial charge in [0.1, 0.15) is 0 Å². The molecule has 2 atom stereocenters. The Kier molecular flexibility index (Phi) is 10.1. The van der Waals surface area contributed by atoms with Crippen LogP contribution in [-0.4, -0.2) is 31.5 Å². The van der Waals surface area contributed by atoms with Gasteiger partial charge in [-0.1, -0.05) is 57.4 Å². The zero-order valence-electron chi connectivity index (χ0n) is 22.5. The van der Waals surface area contributed by atoms with E-state index in [1.54, 1.807) is 12.1 Å². The van der Waals surface area contributed by atoms with Crippen molar-refractivity contribution in [3.8, 4) is 16.9 Å². The molecule has 0 N–H and O–H groups in total. The molecule has 7 heteroatoms. The Bertz CT molecular complexity index is 1010. The second-order valence-corrected chi connectivity index (χ2v) is 10.8. The van der Waals surface area contributed by atoms with Gasteiger partial charge < -0.3 is 14.2 Å². The molecule has 1 heterocycles. The highest BCUT2D eigenvalue weighted by molar-refractivity contribution is 5.65. The van der Waals surface area contributed by atoms with Gasteiger partial charge in [0.15, 0.2) is 18.2 Å². The lowest BCUT2D eigenvalue weighted by atomic mass is 9.84. The molecule has 1 aliphatic carbocycles. The van der Waals surface area contributed by atoms with Gasteiger partial charge in [-0.3, -0.25) is 0 Å². The summed E-state index contributed by atoms with van der Waals surface area (Å²) in [6.07, 6.45) is 6.18. The van der Waals surface area contributed by atoms with E-state index < -0.39 is 30.1 Å². The predicted octanol–water partition coefficient (Wildman–Crippen LogP) is 9.04. The standard InChI is InChI=1S/C31H40F4O3/c1-3-5-6-21-7-14-26(15-8-21)37-20-31(34,35)38-28-18-17-27(29(32)30(28)33)23-11-9-22(10-12-23)24-13-16-25(4-2)36-19-24/h9-12,17-18,21,24-26H,3-8,13-16,19-20H2,1-2H3. The highest BCUT2D eigenvalue weighted by Crippen LogP contribution is 2.35. The largest absolute Gasteiger partial charge is 0.428 e. The van der Waals surface area contributed by atoms with E-state index in [1.807, 2.05) is 12.1 Å². The van der Waals surface area contributed by atoms with Gasteiger partial charge in [-0.05, 0) is 74.1 Å². The molecule has 0 amide bonds. The van der Waals surface area contributed by atoms with E-state index in [2.05, 4.69) is 18.6 Å². The number of hydrogen-bond donors (Lipinski definition) is 0. The van der Waals surface area contributed by atoms with Crippen LogP contribution in [0.4, 0.5) is 17.6 Å². The summed E-state index contributed by atoms with van der Waals surface area (Å²) < 4.78 is 74.5. The highest BCUT2D eigenvalue weighted by Gasteiger charge is 2.36.